The Balaban J connectivity index is 1.66. The maximum atomic E-state index is 13.1. The van der Waals surface area contributed by atoms with E-state index in [-0.39, 0.29) is 5.91 Å². The maximum absolute atomic E-state index is 13.1. The molecule has 4 rings (SSSR count). The van der Waals surface area contributed by atoms with Gasteiger partial charge in [-0.1, -0.05) is 42.0 Å². The van der Waals surface area contributed by atoms with Gasteiger partial charge in [0, 0.05) is 24.8 Å². The van der Waals surface area contributed by atoms with E-state index in [9.17, 15) is 9.59 Å². The third kappa shape index (κ3) is 4.13. The number of amides is 1. The second kappa shape index (κ2) is 8.53. The van der Waals surface area contributed by atoms with Crippen LogP contribution in [0.4, 0.5) is 0 Å². The highest BCUT2D eigenvalue weighted by atomic mass is 16.5. The molecular weight excluding hydrogens is 378 g/mol. The predicted molar refractivity (Wildman–Crippen MR) is 114 cm³/mol. The lowest BCUT2D eigenvalue weighted by Gasteiger charge is -2.20. The molecule has 154 valence electrons. The highest BCUT2D eigenvalue weighted by Gasteiger charge is 2.28. The van der Waals surface area contributed by atoms with E-state index < -0.39 is 12.1 Å². The Hall–Kier alpha value is -3.41. The van der Waals surface area contributed by atoms with Gasteiger partial charge in [0.05, 0.1) is 5.69 Å². The summed E-state index contributed by atoms with van der Waals surface area (Å²) in [6, 6.07) is 17.4. The molecule has 1 atom stereocenters. The highest BCUT2D eigenvalue weighted by Crippen LogP contribution is 2.26. The number of benzene rings is 2. The summed E-state index contributed by atoms with van der Waals surface area (Å²) in [6.45, 7) is 5.07. The SMILES string of the molecule is Cc1cccc(-c2nn(-c3ccccc3)cc2C(=O)O[C@@H](C)C(=O)N2CCCC2)c1. The van der Waals surface area contributed by atoms with Gasteiger partial charge in [-0.25, -0.2) is 9.48 Å². The number of aromatic nitrogens is 2. The van der Waals surface area contributed by atoms with Gasteiger partial charge in [0.15, 0.2) is 6.10 Å². The summed E-state index contributed by atoms with van der Waals surface area (Å²) in [5.74, 6) is -0.692. The molecule has 2 aromatic carbocycles. The van der Waals surface area contributed by atoms with E-state index in [0.717, 1.165) is 42.7 Å². The number of carbonyl (C=O) groups excluding carboxylic acids is 2. The second-order valence-electron chi connectivity index (χ2n) is 7.62. The van der Waals surface area contributed by atoms with Gasteiger partial charge in [-0.15, -0.1) is 0 Å². The molecule has 0 radical (unpaired) electrons. The van der Waals surface area contributed by atoms with Crippen molar-refractivity contribution in [1.29, 1.82) is 0 Å². The van der Waals surface area contributed by atoms with Gasteiger partial charge in [0.2, 0.25) is 0 Å². The fourth-order valence-electron chi connectivity index (χ4n) is 3.71. The van der Waals surface area contributed by atoms with Crippen molar-refractivity contribution in [3.63, 3.8) is 0 Å². The summed E-state index contributed by atoms with van der Waals surface area (Å²) in [7, 11) is 0. The number of aryl methyl sites for hydroxylation is 1. The Morgan fingerprint density at radius 2 is 1.77 bits per heavy atom. The first kappa shape index (κ1) is 19.9. The Morgan fingerprint density at radius 3 is 2.47 bits per heavy atom. The summed E-state index contributed by atoms with van der Waals surface area (Å²) < 4.78 is 7.24. The summed E-state index contributed by atoms with van der Waals surface area (Å²) in [6.07, 6.45) is 2.82. The van der Waals surface area contributed by atoms with E-state index in [2.05, 4.69) is 5.10 Å². The Bertz CT molecular complexity index is 1050. The van der Waals surface area contributed by atoms with Gasteiger partial charge >= 0.3 is 5.97 Å². The third-order valence-corrected chi connectivity index (χ3v) is 5.30. The number of nitrogens with zero attached hydrogens (tertiary/aromatic N) is 3. The quantitative estimate of drug-likeness (QED) is 0.604. The molecule has 6 nitrogen and oxygen atoms in total. The molecule has 2 heterocycles. The first-order valence-electron chi connectivity index (χ1n) is 10.2. The first-order valence-corrected chi connectivity index (χ1v) is 10.2. The fourth-order valence-corrected chi connectivity index (χ4v) is 3.71. The molecular formula is C24H25N3O3. The lowest BCUT2D eigenvalue weighted by molar-refractivity contribution is -0.138. The van der Waals surface area contributed by atoms with Crippen LogP contribution in [0.5, 0.6) is 0 Å². The number of esters is 1. The van der Waals surface area contributed by atoms with E-state index >= 15 is 0 Å². The number of ether oxygens (including phenoxy) is 1. The molecule has 1 aliphatic rings. The van der Waals surface area contributed by atoms with Gasteiger partial charge in [-0.3, -0.25) is 4.79 Å². The van der Waals surface area contributed by atoms with Crippen molar-refractivity contribution < 1.29 is 14.3 Å². The van der Waals surface area contributed by atoms with E-state index in [4.69, 9.17) is 4.74 Å². The number of rotatable bonds is 5. The van der Waals surface area contributed by atoms with Crippen LogP contribution < -0.4 is 0 Å². The Kier molecular flexibility index (Phi) is 5.65. The van der Waals surface area contributed by atoms with E-state index in [1.807, 2.05) is 61.5 Å². The molecule has 0 bridgehead atoms. The van der Waals surface area contributed by atoms with E-state index in [0.29, 0.717) is 11.3 Å². The normalized spacial score (nSPS) is 14.5. The van der Waals surface area contributed by atoms with Crippen molar-refractivity contribution in [3.8, 4) is 16.9 Å². The largest absolute Gasteiger partial charge is 0.449 e. The summed E-state index contributed by atoms with van der Waals surface area (Å²) in [4.78, 5) is 27.4. The van der Waals surface area contributed by atoms with Crippen molar-refractivity contribution in [3.05, 3.63) is 71.9 Å². The minimum atomic E-state index is -0.832. The number of carbonyl (C=O) groups is 2. The minimum Gasteiger partial charge on any atom is -0.449 e. The third-order valence-electron chi connectivity index (χ3n) is 5.30. The van der Waals surface area contributed by atoms with Crippen molar-refractivity contribution >= 4 is 11.9 Å². The van der Waals surface area contributed by atoms with Gasteiger partial charge in [0.1, 0.15) is 11.3 Å². The average Bonchev–Trinajstić information content (AvgIpc) is 3.44. The summed E-state index contributed by atoms with van der Waals surface area (Å²) in [5, 5.41) is 4.66. The standard InChI is InChI=1S/C24H25N3O3/c1-17-9-8-10-19(15-17)22-21(16-27(25-22)20-11-4-3-5-12-20)24(29)30-18(2)23(28)26-13-6-7-14-26/h3-5,8-12,15-16,18H,6-7,13-14H2,1-2H3/t18-/m0/s1. The van der Waals surface area contributed by atoms with Crippen LogP contribution in [0.2, 0.25) is 0 Å². The van der Waals surface area contributed by atoms with Crippen molar-refractivity contribution in [2.24, 2.45) is 0 Å². The zero-order valence-electron chi connectivity index (χ0n) is 17.2. The number of likely N-dealkylation sites (tertiary alicyclic amines) is 1. The lowest BCUT2D eigenvalue weighted by Crippen LogP contribution is -2.38. The number of hydrogen-bond donors (Lipinski definition) is 0. The van der Waals surface area contributed by atoms with Crippen LogP contribution >= 0.6 is 0 Å². The monoisotopic (exact) mass is 403 g/mol. The van der Waals surface area contributed by atoms with Crippen LogP contribution in [-0.2, 0) is 9.53 Å². The molecule has 0 N–H and O–H groups in total. The van der Waals surface area contributed by atoms with Crippen LogP contribution in [-0.4, -0.2) is 45.8 Å². The average molecular weight is 403 g/mol. The number of hydrogen-bond acceptors (Lipinski definition) is 4. The molecule has 0 spiro atoms. The second-order valence-corrected chi connectivity index (χ2v) is 7.62. The molecule has 1 aliphatic heterocycles. The van der Waals surface area contributed by atoms with Gasteiger partial charge < -0.3 is 9.64 Å². The molecule has 1 amide bonds. The van der Waals surface area contributed by atoms with Crippen LogP contribution in [0.25, 0.3) is 16.9 Å². The molecule has 1 fully saturated rings. The minimum absolute atomic E-state index is 0.145. The Morgan fingerprint density at radius 1 is 1.03 bits per heavy atom. The smallest absolute Gasteiger partial charge is 0.342 e. The molecule has 3 aromatic rings. The number of para-hydroxylation sites is 1. The molecule has 1 saturated heterocycles. The summed E-state index contributed by atoms with van der Waals surface area (Å²) >= 11 is 0. The van der Waals surface area contributed by atoms with Crippen LogP contribution in [0, 0.1) is 6.92 Å². The lowest BCUT2D eigenvalue weighted by atomic mass is 10.1. The zero-order chi connectivity index (χ0) is 21.1. The van der Waals surface area contributed by atoms with Gasteiger partial charge in [0.25, 0.3) is 5.91 Å². The van der Waals surface area contributed by atoms with Crippen molar-refractivity contribution in [2.75, 3.05) is 13.1 Å². The van der Waals surface area contributed by atoms with Crippen molar-refractivity contribution in [2.45, 2.75) is 32.8 Å². The predicted octanol–water partition coefficient (Wildman–Crippen LogP) is 4.02. The fraction of sp³-hybridized carbons (Fsp3) is 0.292. The van der Waals surface area contributed by atoms with E-state index in [1.165, 1.54) is 0 Å². The topological polar surface area (TPSA) is 64.4 Å². The Labute approximate surface area is 176 Å². The van der Waals surface area contributed by atoms with Crippen LogP contribution in [0.1, 0.15) is 35.7 Å². The first-order chi connectivity index (χ1) is 14.5. The van der Waals surface area contributed by atoms with Crippen molar-refractivity contribution in [1.82, 2.24) is 14.7 Å². The van der Waals surface area contributed by atoms with Gasteiger partial charge in [-0.2, -0.15) is 5.10 Å². The zero-order valence-corrected chi connectivity index (χ0v) is 17.2. The molecule has 0 unspecified atom stereocenters. The van der Waals surface area contributed by atoms with Crippen LogP contribution in [0.3, 0.4) is 0 Å². The molecule has 1 aromatic heterocycles. The van der Waals surface area contributed by atoms with E-state index in [1.54, 1.807) is 22.7 Å². The highest BCUT2D eigenvalue weighted by molar-refractivity contribution is 5.97. The molecule has 6 heteroatoms. The molecule has 30 heavy (non-hydrogen) atoms. The van der Waals surface area contributed by atoms with Crippen LogP contribution in [0.15, 0.2) is 60.8 Å². The maximum Gasteiger partial charge on any atom is 0.342 e. The van der Waals surface area contributed by atoms with Gasteiger partial charge in [-0.05, 0) is 44.9 Å². The molecule has 0 saturated carbocycles. The molecule has 0 aliphatic carbocycles. The summed E-state index contributed by atoms with van der Waals surface area (Å²) in [5.41, 5.74) is 3.61.